The van der Waals surface area contributed by atoms with Crippen LogP contribution in [0.25, 0.3) is 23.1 Å². The monoisotopic (exact) mass is 473 g/mol. The lowest BCUT2D eigenvalue weighted by Crippen LogP contribution is -2.36. The van der Waals surface area contributed by atoms with Crippen molar-refractivity contribution >= 4 is 28.7 Å². The van der Waals surface area contributed by atoms with Crippen molar-refractivity contribution in [2.24, 2.45) is 5.41 Å². The van der Waals surface area contributed by atoms with Gasteiger partial charge in [0.15, 0.2) is 0 Å². The van der Waals surface area contributed by atoms with Crippen LogP contribution in [-0.4, -0.2) is 6.54 Å². The molecule has 2 heterocycles. The number of likely N-dealkylation sites (N-methyl/N-ethyl adjacent to an activating group) is 1. The molecule has 2 heteroatoms. The zero-order chi connectivity index (χ0) is 25.1. The standard InChI is InChI=1S/C34H37N2/c1-5-35-30(21-17-28-11-7-9-13-32(28)35)19-15-26-23-27(25-34(3,4)24-26)16-20-31-22-18-29-12-8-10-14-33(29)36(31)6-2/h7-23H,5-6,24-25H2,1-4H3/q+1. The Balaban J connectivity index is 1.45. The van der Waals surface area contributed by atoms with Gasteiger partial charge in [-0.2, -0.15) is 4.57 Å². The average molecular weight is 474 g/mol. The molecule has 1 aliphatic heterocycles. The summed E-state index contributed by atoms with van der Waals surface area (Å²) in [6, 6.07) is 21.7. The minimum absolute atomic E-state index is 0.238. The van der Waals surface area contributed by atoms with Crippen LogP contribution in [0.4, 0.5) is 5.69 Å². The number of pyridine rings is 1. The molecular formula is C34H37N2+. The summed E-state index contributed by atoms with van der Waals surface area (Å²) < 4.78 is 2.40. The van der Waals surface area contributed by atoms with Crippen molar-refractivity contribution in [2.45, 2.75) is 47.1 Å². The van der Waals surface area contributed by atoms with Crippen LogP contribution in [-0.2, 0) is 6.54 Å². The van der Waals surface area contributed by atoms with Crippen LogP contribution in [0.1, 0.15) is 51.8 Å². The number of nitrogens with zero attached hydrogens (tertiary/aromatic N) is 2. The second kappa shape index (κ2) is 10.1. The molecule has 0 saturated carbocycles. The number of para-hydroxylation sites is 2. The molecule has 0 amide bonds. The summed E-state index contributed by atoms with van der Waals surface area (Å²) in [5.41, 5.74) is 9.38. The van der Waals surface area contributed by atoms with Gasteiger partial charge in [0.25, 0.3) is 0 Å². The molecule has 1 aliphatic carbocycles. The third kappa shape index (κ3) is 4.99. The summed E-state index contributed by atoms with van der Waals surface area (Å²) in [5.74, 6) is 0. The second-order valence-corrected chi connectivity index (χ2v) is 10.6. The normalized spacial score (nSPS) is 19.3. The van der Waals surface area contributed by atoms with Crippen molar-refractivity contribution < 1.29 is 4.57 Å². The maximum atomic E-state index is 2.40. The van der Waals surface area contributed by atoms with Crippen molar-refractivity contribution in [2.75, 3.05) is 11.4 Å². The molecule has 0 saturated heterocycles. The molecule has 0 fully saturated rings. The summed E-state index contributed by atoms with van der Waals surface area (Å²) in [6.07, 6.45) is 18.3. The summed E-state index contributed by atoms with van der Waals surface area (Å²) in [7, 11) is 0. The molecule has 2 nitrogen and oxygen atoms in total. The zero-order valence-electron chi connectivity index (χ0n) is 22.0. The number of benzene rings is 2. The highest BCUT2D eigenvalue weighted by atomic mass is 15.1. The molecule has 36 heavy (non-hydrogen) atoms. The van der Waals surface area contributed by atoms with Crippen molar-refractivity contribution in [3.8, 4) is 0 Å². The number of allylic oxidation sites excluding steroid dienone is 7. The Kier molecular flexibility index (Phi) is 6.78. The lowest BCUT2D eigenvalue weighted by atomic mass is 9.75. The fraction of sp³-hybridized carbons (Fsp3) is 0.265. The number of fused-ring (bicyclic) bond motifs is 2. The summed E-state index contributed by atoms with van der Waals surface area (Å²) in [4.78, 5) is 2.40. The first-order valence-electron chi connectivity index (χ1n) is 13.2. The molecule has 0 radical (unpaired) electrons. The molecule has 1 aromatic heterocycles. The Morgan fingerprint density at radius 3 is 2.50 bits per heavy atom. The molecule has 2 aliphatic rings. The molecule has 0 atom stereocenters. The fourth-order valence-electron chi connectivity index (χ4n) is 5.66. The smallest absolute Gasteiger partial charge is 0.212 e. The minimum Gasteiger partial charge on any atom is -0.341 e. The Hall–Kier alpha value is -3.65. The highest BCUT2D eigenvalue weighted by Crippen LogP contribution is 2.39. The lowest BCUT2D eigenvalue weighted by molar-refractivity contribution is -0.669. The number of aromatic nitrogens is 1. The van der Waals surface area contributed by atoms with E-state index in [1.54, 1.807) is 0 Å². The quantitative estimate of drug-likeness (QED) is 0.338. The third-order valence-electron chi connectivity index (χ3n) is 7.25. The van der Waals surface area contributed by atoms with E-state index < -0.39 is 0 Å². The Labute approximate surface area is 216 Å². The van der Waals surface area contributed by atoms with E-state index in [2.05, 4.69) is 140 Å². The number of aryl methyl sites for hydroxylation is 1. The number of anilines is 1. The van der Waals surface area contributed by atoms with Gasteiger partial charge < -0.3 is 4.90 Å². The maximum Gasteiger partial charge on any atom is 0.212 e. The highest BCUT2D eigenvalue weighted by Gasteiger charge is 2.25. The van der Waals surface area contributed by atoms with Crippen molar-refractivity contribution in [1.29, 1.82) is 0 Å². The number of hydrogen-bond donors (Lipinski definition) is 0. The van der Waals surface area contributed by atoms with Gasteiger partial charge in [0.1, 0.15) is 6.54 Å². The molecule has 2 aromatic carbocycles. The largest absolute Gasteiger partial charge is 0.341 e. The van der Waals surface area contributed by atoms with Crippen molar-refractivity contribution in [1.82, 2.24) is 0 Å². The van der Waals surface area contributed by atoms with Crippen molar-refractivity contribution in [3.05, 3.63) is 119 Å². The van der Waals surface area contributed by atoms with E-state index in [1.165, 1.54) is 44.7 Å². The van der Waals surface area contributed by atoms with E-state index in [9.17, 15) is 0 Å². The van der Waals surface area contributed by atoms with E-state index >= 15 is 0 Å². The molecule has 0 spiro atoms. The van der Waals surface area contributed by atoms with Crippen LogP contribution in [0.2, 0.25) is 0 Å². The first kappa shape index (κ1) is 24.1. The Bertz CT molecular complexity index is 1430. The van der Waals surface area contributed by atoms with Gasteiger partial charge in [0.2, 0.25) is 11.2 Å². The molecule has 5 rings (SSSR count). The van der Waals surface area contributed by atoms with Gasteiger partial charge in [0, 0.05) is 41.5 Å². The van der Waals surface area contributed by atoms with Gasteiger partial charge >= 0.3 is 0 Å². The fourth-order valence-corrected chi connectivity index (χ4v) is 5.66. The molecule has 0 N–H and O–H groups in total. The summed E-state index contributed by atoms with van der Waals surface area (Å²) in [6.45, 7) is 11.1. The molecule has 0 bridgehead atoms. The predicted molar refractivity (Wildman–Crippen MR) is 155 cm³/mol. The maximum absolute atomic E-state index is 2.40. The predicted octanol–water partition coefficient (Wildman–Crippen LogP) is 8.27. The molecule has 0 unspecified atom stereocenters. The van der Waals surface area contributed by atoms with Crippen LogP contribution in [0.15, 0.2) is 108 Å². The van der Waals surface area contributed by atoms with Crippen LogP contribution in [0.3, 0.4) is 0 Å². The number of rotatable bonds is 5. The zero-order valence-corrected chi connectivity index (χ0v) is 22.0. The van der Waals surface area contributed by atoms with Gasteiger partial charge in [-0.25, -0.2) is 0 Å². The summed E-state index contributed by atoms with van der Waals surface area (Å²) >= 11 is 0. The average Bonchev–Trinajstić information content (AvgIpc) is 2.89. The highest BCUT2D eigenvalue weighted by molar-refractivity contribution is 5.77. The topological polar surface area (TPSA) is 7.12 Å². The first-order chi connectivity index (χ1) is 17.5. The van der Waals surface area contributed by atoms with E-state index in [1.807, 2.05) is 0 Å². The Morgan fingerprint density at radius 1 is 0.861 bits per heavy atom. The second-order valence-electron chi connectivity index (χ2n) is 10.6. The van der Waals surface area contributed by atoms with Gasteiger partial charge in [-0.15, -0.1) is 0 Å². The van der Waals surface area contributed by atoms with Crippen LogP contribution < -0.4 is 9.47 Å². The third-order valence-corrected chi connectivity index (χ3v) is 7.25. The van der Waals surface area contributed by atoms with E-state index in [4.69, 9.17) is 0 Å². The SMILES string of the molecule is CCN1C(=CC=C2C=C(C=Cc3ccc4ccccc4[n+]3CC)CC(C)(C)C2)C=Cc2ccccc21. The van der Waals surface area contributed by atoms with Gasteiger partial charge in [0.05, 0.1) is 0 Å². The summed E-state index contributed by atoms with van der Waals surface area (Å²) in [5, 5.41) is 1.29. The van der Waals surface area contributed by atoms with E-state index in [0.29, 0.717) is 0 Å². The van der Waals surface area contributed by atoms with E-state index in [-0.39, 0.29) is 5.41 Å². The minimum atomic E-state index is 0.238. The molecule has 3 aromatic rings. The first-order valence-corrected chi connectivity index (χ1v) is 13.2. The van der Waals surface area contributed by atoms with Gasteiger partial charge in [-0.3, -0.25) is 0 Å². The van der Waals surface area contributed by atoms with E-state index in [0.717, 1.165) is 25.9 Å². The van der Waals surface area contributed by atoms with Gasteiger partial charge in [-0.05, 0) is 79.2 Å². The molecular weight excluding hydrogens is 436 g/mol. The van der Waals surface area contributed by atoms with Crippen molar-refractivity contribution in [3.63, 3.8) is 0 Å². The van der Waals surface area contributed by atoms with Crippen LogP contribution >= 0.6 is 0 Å². The lowest BCUT2D eigenvalue weighted by Gasteiger charge is -2.31. The molecule has 182 valence electrons. The Morgan fingerprint density at radius 2 is 1.67 bits per heavy atom. The number of hydrogen-bond acceptors (Lipinski definition) is 1. The van der Waals surface area contributed by atoms with Crippen LogP contribution in [0, 0.1) is 5.41 Å². The van der Waals surface area contributed by atoms with Gasteiger partial charge in [-0.1, -0.05) is 68.5 Å². The van der Waals surface area contributed by atoms with Crippen LogP contribution in [0.5, 0.6) is 0 Å².